The number of amides is 2. The second-order valence-corrected chi connectivity index (χ2v) is 8.16. The number of halogens is 1. The normalized spacial score (nSPS) is 14.2. The van der Waals surface area contributed by atoms with E-state index in [-0.39, 0.29) is 5.91 Å². The predicted molar refractivity (Wildman–Crippen MR) is 122 cm³/mol. The highest BCUT2D eigenvalue weighted by Gasteiger charge is 2.27. The molecule has 0 unspecified atom stereocenters. The van der Waals surface area contributed by atoms with E-state index in [1.165, 1.54) is 0 Å². The number of morpholine rings is 1. The summed E-state index contributed by atoms with van der Waals surface area (Å²) in [4.78, 5) is 27.3. The third kappa shape index (κ3) is 4.18. The van der Waals surface area contributed by atoms with E-state index in [0.29, 0.717) is 49.0 Å². The number of hydrogen-bond donors (Lipinski definition) is 1. The molecule has 2 aromatic carbocycles. The molecule has 2 heterocycles. The molecular weight excluding hydrogens is 414 g/mol. The number of nitrogens with two attached hydrogens (primary N) is 1. The van der Waals surface area contributed by atoms with E-state index in [1.54, 1.807) is 12.1 Å². The monoisotopic (exact) mass is 439 g/mol. The first-order valence-electron chi connectivity index (χ1n) is 10.6. The van der Waals surface area contributed by atoms with Crippen molar-refractivity contribution in [1.29, 1.82) is 0 Å². The Kier molecular flexibility index (Phi) is 6.30. The van der Waals surface area contributed by atoms with Crippen LogP contribution in [0.1, 0.15) is 45.3 Å². The molecule has 3 aromatic rings. The van der Waals surface area contributed by atoms with Gasteiger partial charge < -0.3 is 19.9 Å². The van der Waals surface area contributed by atoms with Crippen LogP contribution in [0.2, 0.25) is 5.02 Å². The molecule has 7 heteroatoms. The molecular formula is C24H26ClN3O3. The summed E-state index contributed by atoms with van der Waals surface area (Å²) < 4.78 is 7.54. The summed E-state index contributed by atoms with van der Waals surface area (Å²) in [5, 5.41) is 1.50. The highest BCUT2D eigenvalue weighted by molar-refractivity contribution is 6.31. The van der Waals surface area contributed by atoms with E-state index in [2.05, 4.69) is 11.5 Å². The Morgan fingerprint density at radius 3 is 2.55 bits per heavy atom. The van der Waals surface area contributed by atoms with Crippen LogP contribution in [0.25, 0.3) is 10.9 Å². The maximum atomic E-state index is 13.6. The van der Waals surface area contributed by atoms with Crippen molar-refractivity contribution in [3.05, 3.63) is 69.9 Å². The molecule has 162 valence electrons. The summed E-state index contributed by atoms with van der Waals surface area (Å²) >= 11 is 6.45. The minimum Gasteiger partial charge on any atom is -0.378 e. The number of carbonyl (C=O) groups excluding carboxylic acids is 2. The Balaban J connectivity index is 1.93. The van der Waals surface area contributed by atoms with E-state index in [1.807, 2.05) is 35.2 Å². The number of primary amides is 1. The van der Waals surface area contributed by atoms with Gasteiger partial charge >= 0.3 is 0 Å². The number of fused-ring (bicyclic) bond motifs is 1. The Bertz CT molecular complexity index is 1130. The molecule has 0 bridgehead atoms. The van der Waals surface area contributed by atoms with Crippen LogP contribution in [0, 0.1) is 0 Å². The summed E-state index contributed by atoms with van der Waals surface area (Å²) in [5.74, 6) is -0.494. The molecule has 1 aliphatic rings. The molecule has 0 aliphatic carbocycles. The molecule has 0 atom stereocenters. The van der Waals surface area contributed by atoms with Gasteiger partial charge in [-0.3, -0.25) is 9.59 Å². The molecule has 1 fully saturated rings. The van der Waals surface area contributed by atoms with Crippen LogP contribution in [-0.4, -0.2) is 47.6 Å². The van der Waals surface area contributed by atoms with Crippen molar-refractivity contribution >= 4 is 34.3 Å². The Hall–Kier alpha value is -2.83. The number of ether oxygens (including phenoxy) is 1. The van der Waals surface area contributed by atoms with Gasteiger partial charge in [-0.1, -0.05) is 49.2 Å². The number of hydrogen-bond acceptors (Lipinski definition) is 3. The second kappa shape index (κ2) is 9.12. The van der Waals surface area contributed by atoms with Crippen LogP contribution in [0.3, 0.4) is 0 Å². The van der Waals surface area contributed by atoms with E-state index in [4.69, 9.17) is 22.1 Å². The first kappa shape index (κ1) is 21.4. The molecule has 6 nitrogen and oxygen atoms in total. The lowest BCUT2D eigenvalue weighted by Gasteiger charge is -2.27. The standard InChI is InChI=1S/C24H26ClN3O3/c1-2-5-20-22(24(30)27-10-12-31-13-11-27)18-9-8-16(23(26)29)14-21(18)28(20)15-17-6-3-4-7-19(17)25/h3-4,6-9,14H,2,5,10-13,15H2,1H3,(H2,26,29). The summed E-state index contributed by atoms with van der Waals surface area (Å²) in [5.41, 5.74) is 9.39. The molecule has 0 radical (unpaired) electrons. The van der Waals surface area contributed by atoms with Gasteiger partial charge in [0.25, 0.3) is 5.91 Å². The maximum absolute atomic E-state index is 13.6. The van der Waals surface area contributed by atoms with Crippen molar-refractivity contribution in [2.45, 2.75) is 26.3 Å². The number of carbonyl (C=O) groups is 2. The molecule has 2 amide bonds. The van der Waals surface area contributed by atoms with Crippen molar-refractivity contribution in [3.8, 4) is 0 Å². The first-order valence-corrected chi connectivity index (χ1v) is 10.9. The van der Waals surface area contributed by atoms with Gasteiger partial charge in [-0.25, -0.2) is 0 Å². The largest absolute Gasteiger partial charge is 0.378 e. The third-order valence-electron chi connectivity index (χ3n) is 5.74. The van der Waals surface area contributed by atoms with Gasteiger partial charge in [0.1, 0.15) is 0 Å². The molecule has 4 rings (SSSR count). The van der Waals surface area contributed by atoms with E-state index in [9.17, 15) is 9.59 Å². The minimum absolute atomic E-state index is 0.00137. The average molecular weight is 440 g/mol. The van der Waals surface area contributed by atoms with E-state index >= 15 is 0 Å². The van der Waals surface area contributed by atoms with Gasteiger partial charge in [0, 0.05) is 41.3 Å². The fraction of sp³-hybridized carbons (Fsp3) is 0.333. The Morgan fingerprint density at radius 1 is 1.13 bits per heavy atom. The summed E-state index contributed by atoms with van der Waals surface area (Å²) in [6.45, 7) is 4.82. The molecule has 1 saturated heterocycles. The predicted octanol–water partition coefficient (Wildman–Crippen LogP) is 3.87. The quantitative estimate of drug-likeness (QED) is 0.633. The fourth-order valence-electron chi connectivity index (χ4n) is 4.19. The molecule has 1 aliphatic heterocycles. The van der Waals surface area contributed by atoms with Crippen LogP contribution in [0.5, 0.6) is 0 Å². The SMILES string of the molecule is CCCc1c(C(=O)N2CCOCC2)c2ccc(C(N)=O)cc2n1Cc1ccccc1Cl. The highest BCUT2D eigenvalue weighted by atomic mass is 35.5. The summed E-state index contributed by atoms with van der Waals surface area (Å²) in [6, 6.07) is 13.0. The molecule has 31 heavy (non-hydrogen) atoms. The Morgan fingerprint density at radius 2 is 1.87 bits per heavy atom. The zero-order valence-electron chi connectivity index (χ0n) is 17.6. The lowest BCUT2D eigenvalue weighted by atomic mass is 10.0. The summed E-state index contributed by atoms with van der Waals surface area (Å²) in [6.07, 6.45) is 1.61. The lowest BCUT2D eigenvalue weighted by molar-refractivity contribution is 0.0303. The van der Waals surface area contributed by atoms with Crippen LogP contribution in [0.4, 0.5) is 0 Å². The van der Waals surface area contributed by atoms with Crippen molar-refractivity contribution < 1.29 is 14.3 Å². The number of nitrogens with zero attached hydrogens (tertiary/aromatic N) is 2. The Labute approximate surface area is 186 Å². The van der Waals surface area contributed by atoms with Gasteiger partial charge in [-0.2, -0.15) is 0 Å². The third-order valence-corrected chi connectivity index (χ3v) is 6.11. The van der Waals surface area contributed by atoms with Crippen molar-refractivity contribution in [1.82, 2.24) is 9.47 Å². The first-order chi connectivity index (χ1) is 15.0. The summed E-state index contributed by atoms with van der Waals surface area (Å²) in [7, 11) is 0. The number of aromatic nitrogens is 1. The number of benzene rings is 2. The minimum atomic E-state index is -0.495. The van der Waals surface area contributed by atoms with Crippen molar-refractivity contribution in [2.75, 3.05) is 26.3 Å². The van der Waals surface area contributed by atoms with Crippen LogP contribution in [0.15, 0.2) is 42.5 Å². The maximum Gasteiger partial charge on any atom is 0.256 e. The second-order valence-electron chi connectivity index (χ2n) is 7.75. The van der Waals surface area contributed by atoms with Gasteiger partial charge in [0.2, 0.25) is 5.91 Å². The molecule has 1 aromatic heterocycles. The van der Waals surface area contributed by atoms with Crippen LogP contribution < -0.4 is 5.73 Å². The topological polar surface area (TPSA) is 77.6 Å². The van der Waals surface area contributed by atoms with Gasteiger partial charge in [0.05, 0.1) is 24.3 Å². The van der Waals surface area contributed by atoms with E-state index < -0.39 is 5.91 Å². The van der Waals surface area contributed by atoms with Gasteiger partial charge in [-0.15, -0.1) is 0 Å². The smallest absolute Gasteiger partial charge is 0.256 e. The van der Waals surface area contributed by atoms with Crippen LogP contribution in [-0.2, 0) is 17.7 Å². The molecule has 0 spiro atoms. The average Bonchev–Trinajstić information content (AvgIpc) is 3.08. The van der Waals surface area contributed by atoms with Crippen molar-refractivity contribution in [3.63, 3.8) is 0 Å². The number of rotatable bonds is 6. The van der Waals surface area contributed by atoms with Gasteiger partial charge in [0.15, 0.2) is 0 Å². The van der Waals surface area contributed by atoms with Crippen molar-refractivity contribution in [2.24, 2.45) is 5.73 Å². The highest BCUT2D eigenvalue weighted by Crippen LogP contribution is 2.31. The lowest BCUT2D eigenvalue weighted by Crippen LogP contribution is -2.41. The van der Waals surface area contributed by atoms with Crippen LogP contribution >= 0.6 is 11.6 Å². The van der Waals surface area contributed by atoms with Gasteiger partial charge in [-0.05, 0) is 30.2 Å². The molecule has 0 saturated carbocycles. The zero-order chi connectivity index (χ0) is 22.0. The zero-order valence-corrected chi connectivity index (χ0v) is 18.3. The molecule has 2 N–H and O–H groups in total. The van der Waals surface area contributed by atoms with E-state index in [0.717, 1.165) is 35.0 Å². The fourth-order valence-corrected chi connectivity index (χ4v) is 4.39.